The molecule has 1 heteroatoms. The summed E-state index contributed by atoms with van der Waals surface area (Å²) in [6.07, 6.45) is 0. The van der Waals surface area contributed by atoms with Gasteiger partial charge < -0.3 is 4.42 Å². The molecule has 0 radical (unpaired) electrons. The predicted octanol–water partition coefficient (Wildman–Crippen LogP) is 13.9. The maximum absolute atomic E-state index is 9.71. The monoisotopic (exact) mass is 627 g/mol. The number of hydrogen-bond acceptors (Lipinski definition) is 1. The van der Waals surface area contributed by atoms with E-state index in [0.29, 0.717) is 22.1 Å². The molecule has 0 unspecified atom stereocenters. The van der Waals surface area contributed by atoms with Crippen molar-refractivity contribution in [2.75, 3.05) is 0 Å². The van der Waals surface area contributed by atoms with Gasteiger partial charge in [-0.2, -0.15) is 0 Å². The molecule has 1 heterocycles. The first kappa shape index (κ1) is 18.8. The second-order valence-electron chi connectivity index (χ2n) is 12.9. The van der Waals surface area contributed by atoms with E-state index in [1.165, 1.54) is 0 Å². The normalized spacial score (nSPS) is 15.1. The Hall–Kier alpha value is -6.44. The minimum atomic E-state index is -0.501. The fourth-order valence-electron chi connectivity index (χ4n) is 8.24. The van der Waals surface area contributed by atoms with Gasteiger partial charge in [-0.1, -0.05) is 139 Å². The van der Waals surface area contributed by atoms with E-state index in [-0.39, 0.29) is 62.1 Å². The quantitative estimate of drug-likeness (QED) is 0.174. The zero-order valence-corrected chi connectivity index (χ0v) is 25.7. The molecular formula is C48H26O. The molecule has 0 saturated carbocycles. The third-order valence-electron chi connectivity index (χ3n) is 10.4. The molecule has 0 saturated heterocycles. The van der Waals surface area contributed by atoms with Crippen LogP contribution in [0.15, 0.2) is 162 Å². The molecule has 11 aromatic carbocycles. The van der Waals surface area contributed by atoms with Gasteiger partial charge in [0.25, 0.3) is 0 Å². The van der Waals surface area contributed by atoms with Crippen molar-refractivity contribution in [3.8, 4) is 22.3 Å². The van der Waals surface area contributed by atoms with Crippen LogP contribution in [0, 0.1) is 0 Å². The first-order valence-corrected chi connectivity index (χ1v) is 16.3. The number of hydrogen-bond donors (Lipinski definition) is 0. The number of furan rings is 1. The summed E-state index contributed by atoms with van der Waals surface area (Å²) in [4.78, 5) is 0. The standard InChI is InChI=1S/C48H26O/c1-2-10-36-27(5-1)15-24-40-47-41(37-21-17-33-14-12-29-7-4-9-31-19-23-39(37)46(33)44(29)31)25-34(26-42(47)49-48(36)40)35-20-16-32-13-11-28-6-3-8-30-18-22-38(35)45(32)43(28)30/h1-26H/i4D,7D,9D,12D,14D,17D,19D,21D,23D. The molecule has 0 aliphatic heterocycles. The van der Waals surface area contributed by atoms with Gasteiger partial charge in [-0.15, -0.1) is 0 Å². The lowest BCUT2D eigenvalue weighted by Crippen LogP contribution is -1.90. The van der Waals surface area contributed by atoms with Gasteiger partial charge in [-0.05, 0) is 110 Å². The first-order chi connectivity index (χ1) is 28.0. The third kappa shape index (κ3) is 3.34. The van der Waals surface area contributed by atoms with Gasteiger partial charge in [0, 0.05) is 16.2 Å². The maximum Gasteiger partial charge on any atom is 0.143 e. The topological polar surface area (TPSA) is 13.1 Å². The van der Waals surface area contributed by atoms with E-state index in [2.05, 4.69) is 54.6 Å². The molecule has 224 valence electrons. The number of rotatable bonds is 2. The number of fused-ring (bicyclic) bond motifs is 5. The summed E-state index contributed by atoms with van der Waals surface area (Å²) >= 11 is 0. The van der Waals surface area contributed by atoms with E-state index in [0.717, 1.165) is 59.6 Å². The van der Waals surface area contributed by atoms with Crippen LogP contribution >= 0.6 is 0 Å². The fraction of sp³-hybridized carbons (Fsp3) is 0. The van der Waals surface area contributed by atoms with Crippen LogP contribution in [0.1, 0.15) is 12.3 Å². The molecule has 0 bridgehead atoms. The Morgan fingerprint density at radius 3 is 1.88 bits per heavy atom. The van der Waals surface area contributed by atoms with E-state index < -0.39 is 30.2 Å². The highest BCUT2D eigenvalue weighted by Crippen LogP contribution is 2.47. The Morgan fingerprint density at radius 1 is 0.367 bits per heavy atom. The molecule has 12 rings (SSSR count). The Balaban J connectivity index is 1.31. The van der Waals surface area contributed by atoms with Gasteiger partial charge in [0.1, 0.15) is 11.2 Å². The van der Waals surface area contributed by atoms with Crippen molar-refractivity contribution in [1.82, 2.24) is 0 Å². The molecule has 0 amide bonds. The average molecular weight is 628 g/mol. The molecule has 0 N–H and O–H groups in total. The van der Waals surface area contributed by atoms with E-state index >= 15 is 0 Å². The van der Waals surface area contributed by atoms with Gasteiger partial charge in [0.15, 0.2) is 0 Å². The van der Waals surface area contributed by atoms with Crippen molar-refractivity contribution in [3.05, 3.63) is 158 Å². The van der Waals surface area contributed by atoms with Gasteiger partial charge in [-0.25, -0.2) is 0 Å². The fourth-order valence-corrected chi connectivity index (χ4v) is 8.24. The maximum atomic E-state index is 9.71. The summed E-state index contributed by atoms with van der Waals surface area (Å²) in [5, 5.41) is 10.1. The molecule has 49 heavy (non-hydrogen) atoms. The summed E-state index contributed by atoms with van der Waals surface area (Å²) in [6.45, 7) is 0. The van der Waals surface area contributed by atoms with E-state index in [1.54, 1.807) is 0 Å². The van der Waals surface area contributed by atoms with Crippen LogP contribution in [-0.4, -0.2) is 0 Å². The molecule has 0 fully saturated rings. The molecule has 1 nitrogen and oxygen atoms in total. The Labute approximate surface area is 293 Å². The Kier molecular flexibility index (Phi) is 3.50. The molecule has 0 atom stereocenters. The van der Waals surface area contributed by atoms with Crippen molar-refractivity contribution < 1.29 is 16.8 Å². The van der Waals surface area contributed by atoms with Crippen LogP contribution in [0.5, 0.6) is 0 Å². The Morgan fingerprint density at radius 2 is 1.00 bits per heavy atom. The molecule has 1 aromatic heterocycles. The van der Waals surface area contributed by atoms with Gasteiger partial charge in [0.2, 0.25) is 0 Å². The minimum Gasteiger partial charge on any atom is -0.455 e. The van der Waals surface area contributed by atoms with Crippen LogP contribution in [0.2, 0.25) is 0 Å². The first-order valence-electron chi connectivity index (χ1n) is 20.8. The molecule has 0 aliphatic rings. The lowest BCUT2D eigenvalue weighted by atomic mass is 9.86. The summed E-state index contributed by atoms with van der Waals surface area (Å²) in [5.41, 5.74) is 3.52. The lowest BCUT2D eigenvalue weighted by molar-refractivity contribution is 0.673. The van der Waals surface area contributed by atoms with Crippen molar-refractivity contribution in [2.24, 2.45) is 0 Å². The van der Waals surface area contributed by atoms with Crippen LogP contribution in [0.4, 0.5) is 0 Å². The highest BCUT2D eigenvalue weighted by Gasteiger charge is 2.21. The van der Waals surface area contributed by atoms with Gasteiger partial charge >= 0.3 is 0 Å². The van der Waals surface area contributed by atoms with Crippen LogP contribution in [0.3, 0.4) is 0 Å². The van der Waals surface area contributed by atoms with E-state index in [1.807, 2.05) is 48.5 Å². The molecule has 0 aliphatic carbocycles. The third-order valence-corrected chi connectivity index (χ3v) is 10.4. The number of benzene rings is 11. The summed E-state index contributed by atoms with van der Waals surface area (Å²) < 4.78 is 89.1. The predicted molar refractivity (Wildman–Crippen MR) is 210 cm³/mol. The summed E-state index contributed by atoms with van der Waals surface area (Å²) in [5.74, 6) is 0. The summed E-state index contributed by atoms with van der Waals surface area (Å²) in [7, 11) is 0. The average Bonchev–Trinajstić information content (AvgIpc) is 3.63. The molecule has 0 spiro atoms. The van der Waals surface area contributed by atoms with Crippen molar-refractivity contribution in [3.63, 3.8) is 0 Å². The van der Waals surface area contributed by atoms with Crippen molar-refractivity contribution >= 4 is 97.3 Å². The highest BCUT2D eigenvalue weighted by molar-refractivity contribution is 6.29. The zero-order valence-electron chi connectivity index (χ0n) is 34.7. The minimum absolute atomic E-state index is 0.0569. The highest BCUT2D eigenvalue weighted by atomic mass is 16.3. The summed E-state index contributed by atoms with van der Waals surface area (Å²) in [6, 6.07) is 31.4. The Bertz CT molecular complexity index is 3810. The molecule has 12 aromatic rings. The van der Waals surface area contributed by atoms with Crippen LogP contribution in [0.25, 0.3) is 120 Å². The molecular weight excluding hydrogens is 593 g/mol. The second kappa shape index (κ2) is 9.13. The van der Waals surface area contributed by atoms with Gasteiger partial charge in [0.05, 0.1) is 12.3 Å². The van der Waals surface area contributed by atoms with Crippen LogP contribution < -0.4 is 0 Å². The lowest BCUT2D eigenvalue weighted by Gasteiger charge is -2.17. The largest absolute Gasteiger partial charge is 0.455 e. The smallest absolute Gasteiger partial charge is 0.143 e. The van der Waals surface area contributed by atoms with E-state index in [4.69, 9.17) is 11.3 Å². The van der Waals surface area contributed by atoms with Crippen molar-refractivity contribution in [2.45, 2.75) is 0 Å². The van der Waals surface area contributed by atoms with E-state index in [9.17, 15) is 5.48 Å². The van der Waals surface area contributed by atoms with Crippen LogP contribution in [-0.2, 0) is 0 Å². The van der Waals surface area contributed by atoms with Crippen molar-refractivity contribution in [1.29, 1.82) is 0 Å². The second-order valence-corrected chi connectivity index (χ2v) is 12.9. The SMILES string of the molecule is [2H]c1c([2H])c2c([2H])c([2H])c3c([2H])c([2H])c(-c4cc(-c5ccc6ccc7cccc8ccc5c6c78)cc5oc6c7ccccc7ccc6c45)c4c([2H])c([2H])c(c1[2H])c2c34. The van der Waals surface area contributed by atoms with Gasteiger partial charge in [-0.3, -0.25) is 0 Å². The zero-order chi connectivity index (χ0) is 39.6.